The molecule has 0 saturated carbocycles. The maximum absolute atomic E-state index is 12.3. The van der Waals surface area contributed by atoms with Crippen LogP contribution in [0, 0.1) is 0 Å². The Morgan fingerprint density at radius 1 is 1.00 bits per heavy atom. The monoisotopic (exact) mass is 343 g/mol. The van der Waals surface area contributed by atoms with Crippen molar-refractivity contribution in [2.24, 2.45) is 0 Å². The van der Waals surface area contributed by atoms with Crippen molar-refractivity contribution in [2.45, 2.75) is 13.0 Å². The lowest BCUT2D eigenvalue weighted by molar-refractivity contribution is -0.125. The molecule has 1 aromatic carbocycles. The highest BCUT2D eigenvalue weighted by Gasteiger charge is 2.40. The molecular weight excluding hydrogens is 330 g/mol. The quantitative estimate of drug-likeness (QED) is 0.646. The molecule has 8 heteroatoms. The number of hydrogen-bond donors (Lipinski definition) is 2. The van der Waals surface area contributed by atoms with Crippen molar-refractivity contribution >= 4 is 35.0 Å². The van der Waals surface area contributed by atoms with E-state index in [1.54, 1.807) is 41.8 Å². The Labute approximate surface area is 141 Å². The summed E-state index contributed by atoms with van der Waals surface area (Å²) in [5, 5.41) is 1.73. The van der Waals surface area contributed by atoms with Gasteiger partial charge in [-0.3, -0.25) is 34.9 Å². The summed E-state index contributed by atoms with van der Waals surface area (Å²) >= 11 is 1.23. The first-order valence-electron chi connectivity index (χ1n) is 7.11. The summed E-state index contributed by atoms with van der Waals surface area (Å²) in [6.07, 6.45) is 0. The van der Waals surface area contributed by atoms with Gasteiger partial charge in [0.1, 0.15) is 6.04 Å². The molecular formula is C16H13N3O4S. The van der Waals surface area contributed by atoms with E-state index in [0.29, 0.717) is 4.88 Å². The zero-order valence-corrected chi connectivity index (χ0v) is 13.4. The predicted octanol–water partition coefficient (Wildman–Crippen LogP) is 1.19. The van der Waals surface area contributed by atoms with Gasteiger partial charge in [-0.2, -0.15) is 0 Å². The summed E-state index contributed by atoms with van der Waals surface area (Å²) in [6.45, 7) is 1.42. The molecule has 0 fully saturated rings. The molecule has 0 unspecified atom stereocenters. The van der Waals surface area contributed by atoms with E-state index >= 15 is 0 Å². The molecule has 7 nitrogen and oxygen atoms in total. The van der Waals surface area contributed by atoms with Crippen LogP contribution in [-0.4, -0.2) is 34.6 Å². The van der Waals surface area contributed by atoms with Gasteiger partial charge in [-0.25, -0.2) is 0 Å². The van der Waals surface area contributed by atoms with Crippen molar-refractivity contribution in [3.05, 3.63) is 57.8 Å². The number of thiophene rings is 1. The second kappa shape index (κ2) is 6.25. The second-order valence-corrected chi connectivity index (χ2v) is 6.07. The Bertz CT molecular complexity index is 797. The number of nitrogens with one attached hydrogen (secondary N) is 2. The number of hydrazine groups is 1. The van der Waals surface area contributed by atoms with Crippen LogP contribution in [0.4, 0.5) is 0 Å². The summed E-state index contributed by atoms with van der Waals surface area (Å²) in [6, 6.07) is 8.65. The molecule has 3 rings (SSSR count). The first-order valence-corrected chi connectivity index (χ1v) is 7.99. The zero-order valence-electron chi connectivity index (χ0n) is 12.6. The molecule has 1 aromatic heterocycles. The van der Waals surface area contributed by atoms with E-state index in [2.05, 4.69) is 10.9 Å². The van der Waals surface area contributed by atoms with E-state index in [1.807, 2.05) is 0 Å². The molecule has 1 atom stereocenters. The number of rotatable bonds is 3. The average Bonchev–Trinajstić information content (AvgIpc) is 3.20. The SMILES string of the molecule is C[C@@H](C(=O)NNC(=O)c1cccs1)N1C(=O)c2ccccc2C1=O. The van der Waals surface area contributed by atoms with Crippen molar-refractivity contribution in [3.63, 3.8) is 0 Å². The van der Waals surface area contributed by atoms with Crippen molar-refractivity contribution in [2.75, 3.05) is 0 Å². The van der Waals surface area contributed by atoms with E-state index < -0.39 is 29.7 Å². The van der Waals surface area contributed by atoms with E-state index in [4.69, 9.17) is 0 Å². The van der Waals surface area contributed by atoms with Gasteiger partial charge in [-0.05, 0) is 30.5 Å². The minimum atomic E-state index is -1.05. The minimum Gasteiger partial charge on any atom is -0.271 e. The number of hydrogen-bond acceptors (Lipinski definition) is 5. The lowest BCUT2D eigenvalue weighted by Gasteiger charge is -2.21. The molecule has 2 heterocycles. The first kappa shape index (κ1) is 15.9. The lowest BCUT2D eigenvalue weighted by Crippen LogP contribution is -2.52. The highest BCUT2D eigenvalue weighted by molar-refractivity contribution is 7.12. The van der Waals surface area contributed by atoms with Crippen LogP contribution in [-0.2, 0) is 4.79 Å². The molecule has 0 radical (unpaired) electrons. The van der Waals surface area contributed by atoms with Gasteiger partial charge in [0.05, 0.1) is 16.0 Å². The molecule has 122 valence electrons. The fourth-order valence-electron chi connectivity index (χ4n) is 2.37. The number of amides is 4. The molecule has 24 heavy (non-hydrogen) atoms. The molecule has 2 aromatic rings. The standard InChI is InChI=1S/C16H13N3O4S/c1-9(13(20)17-18-14(21)12-7-4-8-24-12)19-15(22)10-5-2-3-6-11(10)16(19)23/h2-9H,1H3,(H,17,20)(H,18,21)/t9-/m0/s1. The summed E-state index contributed by atoms with van der Waals surface area (Å²) in [4.78, 5) is 49.9. The number of benzene rings is 1. The summed E-state index contributed by atoms with van der Waals surface area (Å²) in [7, 11) is 0. The maximum Gasteiger partial charge on any atom is 0.279 e. The van der Waals surface area contributed by atoms with Crippen LogP contribution in [0.5, 0.6) is 0 Å². The van der Waals surface area contributed by atoms with Crippen LogP contribution >= 0.6 is 11.3 Å². The molecule has 2 N–H and O–H groups in total. The molecule has 0 spiro atoms. The van der Waals surface area contributed by atoms with Crippen LogP contribution in [0.3, 0.4) is 0 Å². The van der Waals surface area contributed by atoms with Crippen molar-refractivity contribution in [3.8, 4) is 0 Å². The number of carbonyl (C=O) groups is 4. The van der Waals surface area contributed by atoms with Crippen molar-refractivity contribution < 1.29 is 19.2 Å². The van der Waals surface area contributed by atoms with Gasteiger partial charge in [-0.15, -0.1) is 11.3 Å². The second-order valence-electron chi connectivity index (χ2n) is 5.12. The van der Waals surface area contributed by atoms with Gasteiger partial charge in [0.15, 0.2) is 0 Å². The molecule has 0 saturated heterocycles. The molecule has 1 aliphatic heterocycles. The zero-order chi connectivity index (χ0) is 17.3. The number of nitrogens with zero attached hydrogens (tertiary/aromatic N) is 1. The van der Waals surface area contributed by atoms with E-state index in [-0.39, 0.29) is 11.1 Å². The van der Waals surface area contributed by atoms with E-state index in [1.165, 1.54) is 18.3 Å². The Balaban J connectivity index is 1.67. The molecule has 4 amide bonds. The third kappa shape index (κ3) is 2.67. The van der Waals surface area contributed by atoms with E-state index in [9.17, 15) is 19.2 Å². The summed E-state index contributed by atoms with van der Waals surface area (Å²) in [5.41, 5.74) is 5.04. The maximum atomic E-state index is 12.3. The van der Waals surface area contributed by atoms with Gasteiger partial charge >= 0.3 is 0 Å². The Morgan fingerprint density at radius 3 is 2.17 bits per heavy atom. The Hall–Kier alpha value is -3.00. The van der Waals surface area contributed by atoms with Gasteiger partial charge in [-0.1, -0.05) is 18.2 Å². The van der Waals surface area contributed by atoms with Gasteiger partial charge in [0.25, 0.3) is 23.6 Å². The van der Waals surface area contributed by atoms with Crippen LogP contribution in [0.15, 0.2) is 41.8 Å². The van der Waals surface area contributed by atoms with Crippen molar-refractivity contribution in [1.29, 1.82) is 0 Å². The lowest BCUT2D eigenvalue weighted by atomic mass is 10.1. The van der Waals surface area contributed by atoms with Crippen LogP contribution in [0.25, 0.3) is 0 Å². The predicted molar refractivity (Wildman–Crippen MR) is 86.3 cm³/mol. The fourth-order valence-corrected chi connectivity index (χ4v) is 2.99. The summed E-state index contributed by atoms with van der Waals surface area (Å²) in [5.74, 6) is -2.17. The smallest absolute Gasteiger partial charge is 0.271 e. The Kier molecular flexibility index (Phi) is 4.13. The average molecular weight is 343 g/mol. The van der Waals surface area contributed by atoms with Crippen molar-refractivity contribution in [1.82, 2.24) is 15.8 Å². The molecule has 0 aliphatic carbocycles. The normalized spacial score (nSPS) is 14.3. The third-order valence-corrected chi connectivity index (χ3v) is 4.51. The number of imide groups is 1. The van der Waals surface area contributed by atoms with Gasteiger partial charge < -0.3 is 0 Å². The van der Waals surface area contributed by atoms with Crippen LogP contribution in [0.2, 0.25) is 0 Å². The number of fused-ring (bicyclic) bond motifs is 1. The minimum absolute atomic E-state index is 0.268. The molecule has 0 bridgehead atoms. The topological polar surface area (TPSA) is 95.6 Å². The highest BCUT2D eigenvalue weighted by atomic mass is 32.1. The molecule has 1 aliphatic rings. The third-order valence-electron chi connectivity index (χ3n) is 3.64. The first-order chi connectivity index (χ1) is 11.5. The van der Waals surface area contributed by atoms with Crippen LogP contribution in [0.1, 0.15) is 37.3 Å². The largest absolute Gasteiger partial charge is 0.279 e. The highest BCUT2D eigenvalue weighted by Crippen LogP contribution is 2.24. The summed E-state index contributed by atoms with van der Waals surface area (Å²) < 4.78 is 0. The fraction of sp³-hybridized carbons (Fsp3) is 0.125. The van der Waals surface area contributed by atoms with Gasteiger partial charge in [0.2, 0.25) is 0 Å². The van der Waals surface area contributed by atoms with E-state index in [0.717, 1.165) is 4.90 Å². The van der Waals surface area contributed by atoms with Crippen LogP contribution < -0.4 is 10.9 Å². The van der Waals surface area contributed by atoms with Gasteiger partial charge in [0, 0.05) is 0 Å². The Morgan fingerprint density at radius 2 is 1.62 bits per heavy atom. The number of carbonyl (C=O) groups excluding carboxylic acids is 4.